The second kappa shape index (κ2) is 4.98. The molecule has 0 aromatic carbocycles. The van der Waals surface area contributed by atoms with Crippen LogP contribution in [0.5, 0.6) is 0 Å². The standard InChI is InChI=1S/C11H17NO3/c1-7(2)10(11(13)14)12-6-9-5-4-8(3)15-9/h4-5,7,10,12H,6H2,1-3H3,(H,13,14). The third-order valence-corrected chi connectivity index (χ3v) is 2.22. The predicted octanol–water partition coefficient (Wildman–Crippen LogP) is 1.79. The van der Waals surface area contributed by atoms with Crippen molar-refractivity contribution in [3.05, 3.63) is 23.7 Å². The minimum atomic E-state index is -0.826. The number of rotatable bonds is 5. The molecule has 2 N–H and O–H groups in total. The van der Waals surface area contributed by atoms with Crippen LogP contribution in [0.3, 0.4) is 0 Å². The monoisotopic (exact) mass is 211 g/mol. The van der Waals surface area contributed by atoms with Crippen LogP contribution in [0.2, 0.25) is 0 Å². The van der Waals surface area contributed by atoms with Crippen LogP contribution >= 0.6 is 0 Å². The Morgan fingerprint density at radius 3 is 2.60 bits per heavy atom. The largest absolute Gasteiger partial charge is 0.480 e. The third kappa shape index (κ3) is 3.40. The van der Waals surface area contributed by atoms with Crippen LogP contribution in [0.4, 0.5) is 0 Å². The minimum absolute atomic E-state index is 0.0542. The highest BCUT2D eigenvalue weighted by Crippen LogP contribution is 2.08. The zero-order valence-corrected chi connectivity index (χ0v) is 9.28. The lowest BCUT2D eigenvalue weighted by molar-refractivity contribution is -0.140. The molecule has 0 aliphatic heterocycles. The van der Waals surface area contributed by atoms with E-state index in [1.54, 1.807) is 0 Å². The van der Waals surface area contributed by atoms with E-state index in [1.807, 2.05) is 32.9 Å². The molecule has 0 saturated carbocycles. The highest BCUT2D eigenvalue weighted by atomic mass is 16.4. The summed E-state index contributed by atoms with van der Waals surface area (Å²) < 4.78 is 5.34. The maximum atomic E-state index is 10.9. The van der Waals surface area contributed by atoms with Crippen LogP contribution in [0.25, 0.3) is 0 Å². The first kappa shape index (κ1) is 11.8. The normalized spacial score (nSPS) is 13.1. The van der Waals surface area contributed by atoms with Crippen LogP contribution in [0.1, 0.15) is 25.4 Å². The van der Waals surface area contributed by atoms with Crippen molar-refractivity contribution in [2.75, 3.05) is 0 Å². The van der Waals surface area contributed by atoms with E-state index < -0.39 is 12.0 Å². The lowest BCUT2D eigenvalue weighted by Crippen LogP contribution is -2.40. The number of carboxylic acids is 1. The molecule has 0 aliphatic carbocycles. The number of carbonyl (C=O) groups is 1. The van der Waals surface area contributed by atoms with Crippen LogP contribution in [0.15, 0.2) is 16.5 Å². The van der Waals surface area contributed by atoms with E-state index in [4.69, 9.17) is 9.52 Å². The van der Waals surface area contributed by atoms with E-state index in [9.17, 15) is 4.79 Å². The zero-order chi connectivity index (χ0) is 11.4. The predicted molar refractivity (Wildman–Crippen MR) is 56.5 cm³/mol. The van der Waals surface area contributed by atoms with E-state index in [1.165, 1.54) is 0 Å². The summed E-state index contributed by atoms with van der Waals surface area (Å²) >= 11 is 0. The van der Waals surface area contributed by atoms with Crippen molar-refractivity contribution < 1.29 is 14.3 Å². The SMILES string of the molecule is Cc1ccc(CNC(C(=O)O)C(C)C)o1. The van der Waals surface area contributed by atoms with Crippen molar-refractivity contribution >= 4 is 5.97 Å². The summed E-state index contributed by atoms with van der Waals surface area (Å²) in [6.07, 6.45) is 0. The van der Waals surface area contributed by atoms with E-state index in [0.717, 1.165) is 11.5 Å². The van der Waals surface area contributed by atoms with Gasteiger partial charge >= 0.3 is 5.97 Å². The molecule has 1 aromatic heterocycles. The molecular weight excluding hydrogens is 194 g/mol. The van der Waals surface area contributed by atoms with E-state index in [2.05, 4.69) is 5.32 Å². The smallest absolute Gasteiger partial charge is 0.320 e. The number of furan rings is 1. The summed E-state index contributed by atoms with van der Waals surface area (Å²) in [6, 6.07) is 3.18. The van der Waals surface area contributed by atoms with E-state index in [0.29, 0.717) is 6.54 Å². The summed E-state index contributed by atoms with van der Waals surface area (Å²) in [5.74, 6) is 0.828. The Morgan fingerprint density at radius 1 is 1.53 bits per heavy atom. The van der Waals surface area contributed by atoms with Crippen LogP contribution in [-0.2, 0) is 11.3 Å². The number of carboxylic acid groups (broad SMARTS) is 1. The van der Waals surface area contributed by atoms with Crippen molar-refractivity contribution in [2.45, 2.75) is 33.4 Å². The summed E-state index contributed by atoms with van der Waals surface area (Å²) in [5, 5.41) is 11.9. The Kier molecular flexibility index (Phi) is 3.91. The summed E-state index contributed by atoms with van der Waals surface area (Å²) in [7, 11) is 0. The molecule has 0 fully saturated rings. The molecule has 0 spiro atoms. The molecule has 15 heavy (non-hydrogen) atoms. The molecule has 84 valence electrons. The Morgan fingerprint density at radius 2 is 2.20 bits per heavy atom. The van der Waals surface area contributed by atoms with Gasteiger partial charge in [0.15, 0.2) is 0 Å². The van der Waals surface area contributed by atoms with Gasteiger partial charge in [-0.25, -0.2) is 0 Å². The quantitative estimate of drug-likeness (QED) is 0.779. The van der Waals surface area contributed by atoms with Gasteiger partial charge in [0.05, 0.1) is 6.54 Å². The lowest BCUT2D eigenvalue weighted by Gasteiger charge is -2.16. The average Bonchev–Trinajstić information content (AvgIpc) is 2.50. The fourth-order valence-electron chi connectivity index (χ4n) is 1.40. The van der Waals surface area contributed by atoms with Gasteiger partial charge in [-0.15, -0.1) is 0 Å². The number of hydrogen-bond donors (Lipinski definition) is 2. The van der Waals surface area contributed by atoms with Gasteiger partial charge in [0, 0.05) is 0 Å². The number of aryl methyl sites for hydroxylation is 1. The first-order valence-electron chi connectivity index (χ1n) is 5.02. The molecule has 0 saturated heterocycles. The summed E-state index contributed by atoms with van der Waals surface area (Å²) in [6.45, 7) is 6.06. The molecule has 4 nitrogen and oxygen atoms in total. The first-order valence-corrected chi connectivity index (χ1v) is 5.02. The zero-order valence-electron chi connectivity index (χ0n) is 9.28. The molecule has 1 unspecified atom stereocenters. The Bertz CT molecular complexity index is 330. The van der Waals surface area contributed by atoms with E-state index in [-0.39, 0.29) is 5.92 Å². The van der Waals surface area contributed by atoms with Crippen LogP contribution < -0.4 is 5.32 Å². The number of nitrogens with one attached hydrogen (secondary N) is 1. The lowest BCUT2D eigenvalue weighted by atomic mass is 10.1. The molecule has 1 heterocycles. The van der Waals surface area contributed by atoms with Gasteiger partial charge < -0.3 is 9.52 Å². The first-order chi connectivity index (χ1) is 7.00. The molecule has 4 heteroatoms. The maximum Gasteiger partial charge on any atom is 0.320 e. The Labute approximate surface area is 89.3 Å². The Hall–Kier alpha value is -1.29. The third-order valence-electron chi connectivity index (χ3n) is 2.22. The second-order valence-electron chi connectivity index (χ2n) is 3.95. The van der Waals surface area contributed by atoms with Gasteiger partial charge in [0.2, 0.25) is 0 Å². The van der Waals surface area contributed by atoms with Crippen LogP contribution in [-0.4, -0.2) is 17.1 Å². The molecule has 0 amide bonds. The summed E-state index contributed by atoms with van der Waals surface area (Å²) in [4.78, 5) is 10.9. The fourth-order valence-corrected chi connectivity index (χ4v) is 1.40. The number of aliphatic carboxylic acids is 1. The van der Waals surface area contributed by atoms with Gasteiger partial charge in [0.25, 0.3) is 0 Å². The fraction of sp³-hybridized carbons (Fsp3) is 0.545. The number of hydrogen-bond acceptors (Lipinski definition) is 3. The van der Waals surface area contributed by atoms with Crippen molar-refractivity contribution in [1.82, 2.24) is 5.32 Å². The molecule has 1 rings (SSSR count). The van der Waals surface area contributed by atoms with Gasteiger partial charge in [-0.05, 0) is 25.0 Å². The van der Waals surface area contributed by atoms with Gasteiger partial charge in [-0.3, -0.25) is 10.1 Å². The van der Waals surface area contributed by atoms with Crippen molar-refractivity contribution in [1.29, 1.82) is 0 Å². The second-order valence-corrected chi connectivity index (χ2v) is 3.95. The molecule has 1 aromatic rings. The highest BCUT2D eigenvalue weighted by molar-refractivity contribution is 5.73. The van der Waals surface area contributed by atoms with Crippen molar-refractivity contribution in [2.24, 2.45) is 5.92 Å². The van der Waals surface area contributed by atoms with E-state index >= 15 is 0 Å². The van der Waals surface area contributed by atoms with Gasteiger partial charge in [-0.1, -0.05) is 13.8 Å². The topological polar surface area (TPSA) is 62.5 Å². The molecule has 0 bridgehead atoms. The molecular formula is C11H17NO3. The minimum Gasteiger partial charge on any atom is -0.480 e. The summed E-state index contributed by atoms with van der Waals surface area (Å²) in [5.41, 5.74) is 0. The molecule has 0 radical (unpaired) electrons. The van der Waals surface area contributed by atoms with Crippen LogP contribution in [0, 0.1) is 12.8 Å². The van der Waals surface area contributed by atoms with Gasteiger partial charge in [-0.2, -0.15) is 0 Å². The van der Waals surface area contributed by atoms with Crippen molar-refractivity contribution in [3.63, 3.8) is 0 Å². The Balaban J connectivity index is 2.50. The highest BCUT2D eigenvalue weighted by Gasteiger charge is 2.20. The maximum absolute atomic E-state index is 10.9. The van der Waals surface area contributed by atoms with Gasteiger partial charge in [0.1, 0.15) is 17.6 Å². The average molecular weight is 211 g/mol. The van der Waals surface area contributed by atoms with Crippen molar-refractivity contribution in [3.8, 4) is 0 Å². The molecule has 1 atom stereocenters. The molecule has 0 aliphatic rings.